The van der Waals surface area contributed by atoms with E-state index in [1.165, 1.54) is 167 Å². The van der Waals surface area contributed by atoms with Gasteiger partial charge >= 0.3 is 17.9 Å². The monoisotopic (exact) mass is 925 g/mol. The second-order valence-corrected chi connectivity index (χ2v) is 19.2. The van der Waals surface area contributed by atoms with Gasteiger partial charge in [0.1, 0.15) is 13.2 Å². The third-order valence-electron chi connectivity index (χ3n) is 12.5. The molecule has 384 valence electrons. The summed E-state index contributed by atoms with van der Waals surface area (Å²) in [6.07, 6.45) is 66.7. The van der Waals surface area contributed by atoms with Crippen molar-refractivity contribution in [3.63, 3.8) is 0 Å². The van der Waals surface area contributed by atoms with Gasteiger partial charge in [-0.25, -0.2) is 0 Å². The van der Waals surface area contributed by atoms with E-state index in [0.29, 0.717) is 19.3 Å². The number of ether oxygens (including phenoxy) is 3. The summed E-state index contributed by atoms with van der Waals surface area (Å²) in [4.78, 5) is 38.1. The average Bonchev–Trinajstić information content (AvgIpc) is 3.31. The molecule has 0 saturated carbocycles. The average molecular weight is 926 g/mol. The molecule has 0 radical (unpaired) electrons. The molecule has 0 saturated heterocycles. The molecule has 0 spiro atoms. The summed E-state index contributed by atoms with van der Waals surface area (Å²) in [5, 5.41) is 0. The van der Waals surface area contributed by atoms with Crippen molar-refractivity contribution in [2.24, 2.45) is 0 Å². The van der Waals surface area contributed by atoms with Crippen LogP contribution in [0.25, 0.3) is 0 Å². The maximum atomic E-state index is 12.8. The van der Waals surface area contributed by atoms with Crippen molar-refractivity contribution >= 4 is 17.9 Å². The number of allylic oxidation sites excluding steroid dienone is 8. The molecule has 1 unspecified atom stereocenters. The van der Waals surface area contributed by atoms with Crippen molar-refractivity contribution in [1.29, 1.82) is 0 Å². The molecule has 0 aromatic rings. The molecule has 0 N–H and O–H groups in total. The lowest BCUT2D eigenvalue weighted by Crippen LogP contribution is -2.30. The van der Waals surface area contributed by atoms with E-state index in [-0.39, 0.29) is 31.1 Å². The molecule has 0 aromatic heterocycles. The summed E-state index contributed by atoms with van der Waals surface area (Å²) in [6, 6.07) is 0. The second-order valence-electron chi connectivity index (χ2n) is 19.2. The molecule has 0 rings (SSSR count). The minimum Gasteiger partial charge on any atom is -0.462 e. The quantitative estimate of drug-likeness (QED) is 0.0262. The Morgan fingerprint density at radius 1 is 0.303 bits per heavy atom. The normalized spacial score (nSPS) is 12.3. The lowest BCUT2D eigenvalue weighted by Gasteiger charge is -2.18. The van der Waals surface area contributed by atoms with E-state index < -0.39 is 6.10 Å². The van der Waals surface area contributed by atoms with E-state index in [1.54, 1.807) is 0 Å². The van der Waals surface area contributed by atoms with E-state index in [2.05, 4.69) is 69.4 Å². The van der Waals surface area contributed by atoms with Crippen molar-refractivity contribution in [3.8, 4) is 0 Å². The van der Waals surface area contributed by atoms with Gasteiger partial charge in [0.25, 0.3) is 0 Å². The molecule has 0 aliphatic rings. The van der Waals surface area contributed by atoms with Crippen LogP contribution >= 0.6 is 0 Å². The van der Waals surface area contributed by atoms with Gasteiger partial charge in [-0.15, -0.1) is 0 Å². The number of hydrogen-bond donors (Lipinski definition) is 0. The summed E-state index contributed by atoms with van der Waals surface area (Å²) in [6.45, 7) is 6.58. The lowest BCUT2D eigenvalue weighted by molar-refractivity contribution is -0.167. The smallest absolute Gasteiger partial charge is 0.306 e. The molecule has 6 nitrogen and oxygen atoms in total. The first kappa shape index (κ1) is 63.4. The van der Waals surface area contributed by atoms with Gasteiger partial charge in [0.15, 0.2) is 6.10 Å². The number of carbonyl (C=O) groups is 3. The highest BCUT2D eigenvalue weighted by molar-refractivity contribution is 5.71. The Morgan fingerprint density at radius 2 is 0.576 bits per heavy atom. The summed E-state index contributed by atoms with van der Waals surface area (Å²) < 4.78 is 16.8. The Labute approximate surface area is 409 Å². The standard InChI is InChI=1S/C60H108O6/c1-4-7-10-13-16-19-22-25-27-28-29-30-31-32-33-36-38-41-44-47-50-53-59(62)65-56-57(55-64-58(61)52-49-46-43-40-37-34-24-21-18-15-12-9-6-3)66-60(63)54-51-48-45-42-39-35-26-23-20-17-14-11-8-5-2/h12,15,21-22,24-25,28-29,57H,4-11,13-14,16-20,23,26-27,30-56H2,1-3H3/b15-12-,24-21-,25-22-,29-28-. The predicted octanol–water partition coefficient (Wildman–Crippen LogP) is 19.0. The summed E-state index contributed by atoms with van der Waals surface area (Å²) in [7, 11) is 0. The molecule has 0 aliphatic carbocycles. The molecule has 0 aliphatic heterocycles. The van der Waals surface area contributed by atoms with Gasteiger partial charge < -0.3 is 14.2 Å². The van der Waals surface area contributed by atoms with Crippen LogP contribution in [0.1, 0.15) is 297 Å². The highest BCUT2D eigenvalue weighted by Gasteiger charge is 2.19. The van der Waals surface area contributed by atoms with Crippen molar-refractivity contribution in [1.82, 2.24) is 0 Å². The predicted molar refractivity (Wildman–Crippen MR) is 284 cm³/mol. The molecule has 66 heavy (non-hydrogen) atoms. The largest absolute Gasteiger partial charge is 0.462 e. The van der Waals surface area contributed by atoms with Crippen LogP contribution in [-0.4, -0.2) is 37.2 Å². The van der Waals surface area contributed by atoms with Crippen molar-refractivity contribution in [2.75, 3.05) is 13.2 Å². The summed E-state index contributed by atoms with van der Waals surface area (Å²) in [5.41, 5.74) is 0. The van der Waals surface area contributed by atoms with Crippen LogP contribution in [0.5, 0.6) is 0 Å². The number of hydrogen-bond acceptors (Lipinski definition) is 6. The zero-order valence-electron chi connectivity index (χ0n) is 44.0. The SMILES string of the molecule is CCC/C=C\C/C=C\CCCCCCCC(=O)OCC(COC(=O)CCCCCCCCCCC/C=C\C/C=C\CCCCCCC)OC(=O)CCCCCCCCCCCCCCCC. The van der Waals surface area contributed by atoms with E-state index in [0.717, 1.165) is 89.9 Å². The Morgan fingerprint density at radius 3 is 0.894 bits per heavy atom. The molecule has 6 heteroatoms. The third-order valence-corrected chi connectivity index (χ3v) is 12.5. The zero-order chi connectivity index (χ0) is 47.9. The molecule has 0 fully saturated rings. The van der Waals surface area contributed by atoms with Crippen LogP contribution in [-0.2, 0) is 28.6 Å². The first-order chi connectivity index (χ1) is 32.5. The third kappa shape index (κ3) is 52.3. The first-order valence-electron chi connectivity index (χ1n) is 28.6. The molecular weight excluding hydrogens is 817 g/mol. The topological polar surface area (TPSA) is 78.9 Å². The Kier molecular flexibility index (Phi) is 52.8. The van der Waals surface area contributed by atoms with Gasteiger partial charge in [0.05, 0.1) is 0 Å². The van der Waals surface area contributed by atoms with Crippen LogP contribution in [0.15, 0.2) is 48.6 Å². The summed E-state index contributed by atoms with van der Waals surface area (Å²) in [5.74, 6) is -0.882. The molecule has 0 aromatic carbocycles. The van der Waals surface area contributed by atoms with Crippen LogP contribution in [0, 0.1) is 0 Å². The van der Waals surface area contributed by atoms with Crippen LogP contribution in [0.3, 0.4) is 0 Å². The number of unbranched alkanes of at least 4 members (excludes halogenated alkanes) is 33. The van der Waals surface area contributed by atoms with Crippen LogP contribution in [0.4, 0.5) is 0 Å². The van der Waals surface area contributed by atoms with Gasteiger partial charge in [-0.1, -0.05) is 249 Å². The van der Waals surface area contributed by atoms with Gasteiger partial charge in [-0.2, -0.15) is 0 Å². The van der Waals surface area contributed by atoms with E-state index in [4.69, 9.17) is 14.2 Å². The second kappa shape index (κ2) is 55.0. The summed E-state index contributed by atoms with van der Waals surface area (Å²) >= 11 is 0. The van der Waals surface area contributed by atoms with Crippen molar-refractivity contribution < 1.29 is 28.6 Å². The minimum absolute atomic E-state index is 0.0772. The number of carbonyl (C=O) groups excluding carboxylic acids is 3. The van der Waals surface area contributed by atoms with E-state index in [9.17, 15) is 14.4 Å². The van der Waals surface area contributed by atoms with Crippen LogP contribution < -0.4 is 0 Å². The maximum absolute atomic E-state index is 12.8. The highest BCUT2D eigenvalue weighted by atomic mass is 16.6. The molecule has 1 atom stereocenters. The fourth-order valence-corrected chi connectivity index (χ4v) is 8.22. The Bertz CT molecular complexity index is 1150. The fourth-order valence-electron chi connectivity index (χ4n) is 8.22. The Balaban J connectivity index is 4.32. The van der Waals surface area contributed by atoms with Crippen molar-refractivity contribution in [3.05, 3.63) is 48.6 Å². The van der Waals surface area contributed by atoms with E-state index >= 15 is 0 Å². The number of esters is 3. The van der Waals surface area contributed by atoms with Gasteiger partial charge in [-0.3, -0.25) is 14.4 Å². The minimum atomic E-state index is -0.778. The molecular formula is C60H108O6. The fraction of sp³-hybridized carbons (Fsp3) is 0.817. The van der Waals surface area contributed by atoms with Gasteiger partial charge in [0.2, 0.25) is 0 Å². The maximum Gasteiger partial charge on any atom is 0.306 e. The number of rotatable bonds is 52. The molecule has 0 bridgehead atoms. The molecule has 0 amide bonds. The lowest BCUT2D eigenvalue weighted by atomic mass is 10.0. The van der Waals surface area contributed by atoms with Gasteiger partial charge in [-0.05, 0) is 77.0 Å². The zero-order valence-corrected chi connectivity index (χ0v) is 44.0. The van der Waals surface area contributed by atoms with E-state index in [1.807, 2.05) is 0 Å². The van der Waals surface area contributed by atoms with Gasteiger partial charge in [0, 0.05) is 19.3 Å². The van der Waals surface area contributed by atoms with Crippen molar-refractivity contribution in [2.45, 2.75) is 303 Å². The molecule has 0 heterocycles. The van der Waals surface area contributed by atoms with Crippen LogP contribution in [0.2, 0.25) is 0 Å². The first-order valence-corrected chi connectivity index (χ1v) is 28.6. The highest BCUT2D eigenvalue weighted by Crippen LogP contribution is 2.16. The Hall–Kier alpha value is -2.63.